The summed E-state index contributed by atoms with van der Waals surface area (Å²) in [5.74, 6) is -0.103. The van der Waals surface area contributed by atoms with Crippen molar-refractivity contribution in [2.24, 2.45) is 0 Å². The Morgan fingerprint density at radius 3 is 2.78 bits per heavy atom. The molecule has 6 heteroatoms. The van der Waals surface area contributed by atoms with Gasteiger partial charge in [0.25, 0.3) is 5.91 Å². The van der Waals surface area contributed by atoms with Crippen LogP contribution in [0.5, 0.6) is 0 Å². The lowest BCUT2D eigenvalue weighted by molar-refractivity contribution is 0.0730. The zero-order chi connectivity index (χ0) is 19.1. The second-order valence-corrected chi connectivity index (χ2v) is 6.90. The summed E-state index contributed by atoms with van der Waals surface area (Å²) in [5, 5.41) is 0. The van der Waals surface area contributed by atoms with Gasteiger partial charge in [0, 0.05) is 19.2 Å². The van der Waals surface area contributed by atoms with Crippen LogP contribution in [0.3, 0.4) is 0 Å². The second-order valence-electron chi connectivity index (χ2n) is 6.90. The molecule has 0 aliphatic heterocycles. The quantitative estimate of drug-likeness (QED) is 0.727. The average Bonchev–Trinajstić information content (AvgIpc) is 3.11. The minimum Gasteiger partial charge on any atom is -0.335 e. The summed E-state index contributed by atoms with van der Waals surface area (Å²) in [6.07, 6.45) is 1.87. The summed E-state index contributed by atoms with van der Waals surface area (Å²) >= 11 is 0. The molecule has 1 aliphatic carbocycles. The lowest BCUT2D eigenvalue weighted by Crippen LogP contribution is -2.36. The number of nitrogens with zero attached hydrogens (tertiary/aromatic N) is 2. The molecule has 1 aliphatic rings. The molecular weight excluding hydrogens is 342 g/mol. The number of carbonyl (C=O) groups excluding carboxylic acids is 1. The van der Waals surface area contributed by atoms with E-state index in [4.69, 9.17) is 0 Å². The summed E-state index contributed by atoms with van der Waals surface area (Å²) in [6.45, 7) is 2.20. The number of H-pyrrole nitrogens is 1. The SMILES string of the molecule is CCn1c(=O)c(=O)[nH]c2cc(C(=O)N(C)C3CCc4ccccc43)ccc21. The molecule has 1 atom stereocenters. The van der Waals surface area contributed by atoms with Gasteiger partial charge in [0.1, 0.15) is 0 Å². The Hall–Kier alpha value is -3.15. The highest BCUT2D eigenvalue weighted by molar-refractivity contribution is 5.97. The number of carbonyl (C=O) groups is 1. The minimum absolute atomic E-state index is 0.0491. The van der Waals surface area contributed by atoms with Gasteiger partial charge in [0.15, 0.2) is 0 Å². The van der Waals surface area contributed by atoms with Crippen molar-refractivity contribution in [3.8, 4) is 0 Å². The molecule has 1 unspecified atom stereocenters. The fraction of sp³-hybridized carbons (Fsp3) is 0.286. The van der Waals surface area contributed by atoms with E-state index in [1.807, 2.05) is 26.1 Å². The third-order valence-corrected chi connectivity index (χ3v) is 5.43. The van der Waals surface area contributed by atoms with Crippen LogP contribution in [0.4, 0.5) is 0 Å². The molecule has 1 aromatic heterocycles. The Morgan fingerprint density at radius 1 is 1.22 bits per heavy atom. The van der Waals surface area contributed by atoms with Crippen molar-refractivity contribution >= 4 is 16.9 Å². The molecule has 0 radical (unpaired) electrons. The monoisotopic (exact) mass is 363 g/mol. The fourth-order valence-corrected chi connectivity index (χ4v) is 4.01. The third-order valence-electron chi connectivity index (χ3n) is 5.43. The number of benzene rings is 2. The maximum absolute atomic E-state index is 13.1. The van der Waals surface area contributed by atoms with E-state index in [0.29, 0.717) is 23.1 Å². The van der Waals surface area contributed by atoms with Gasteiger partial charge in [-0.3, -0.25) is 14.4 Å². The molecular formula is C21H21N3O3. The molecule has 0 fully saturated rings. The van der Waals surface area contributed by atoms with E-state index in [1.165, 1.54) is 15.7 Å². The number of hydrogen-bond acceptors (Lipinski definition) is 3. The molecule has 0 spiro atoms. The predicted molar refractivity (Wildman–Crippen MR) is 104 cm³/mol. The number of hydrogen-bond donors (Lipinski definition) is 1. The van der Waals surface area contributed by atoms with Crippen molar-refractivity contribution in [2.75, 3.05) is 7.05 Å². The van der Waals surface area contributed by atoms with Gasteiger partial charge >= 0.3 is 11.1 Å². The highest BCUT2D eigenvalue weighted by Crippen LogP contribution is 2.35. The number of fused-ring (bicyclic) bond motifs is 2. The molecule has 0 saturated heterocycles. The van der Waals surface area contributed by atoms with Crippen molar-refractivity contribution in [1.29, 1.82) is 0 Å². The Morgan fingerprint density at radius 2 is 2.00 bits per heavy atom. The molecule has 27 heavy (non-hydrogen) atoms. The van der Waals surface area contributed by atoms with Gasteiger partial charge < -0.3 is 14.5 Å². The summed E-state index contributed by atoms with van der Waals surface area (Å²) in [7, 11) is 1.81. The Kier molecular flexibility index (Phi) is 4.18. The van der Waals surface area contributed by atoms with Gasteiger partial charge in [-0.1, -0.05) is 24.3 Å². The van der Waals surface area contributed by atoms with E-state index >= 15 is 0 Å². The Balaban J connectivity index is 1.72. The molecule has 1 N–H and O–H groups in total. The van der Waals surface area contributed by atoms with Gasteiger partial charge in [-0.25, -0.2) is 0 Å². The minimum atomic E-state index is -0.674. The number of aromatic amines is 1. The molecule has 0 saturated carbocycles. The maximum atomic E-state index is 13.1. The molecule has 3 aromatic rings. The van der Waals surface area contributed by atoms with Crippen LogP contribution in [0.15, 0.2) is 52.1 Å². The molecule has 2 aromatic carbocycles. The number of nitrogens with one attached hydrogen (secondary N) is 1. The highest BCUT2D eigenvalue weighted by atomic mass is 16.2. The van der Waals surface area contributed by atoms with Crippen LogP contribution in [0, 0.1) is 0 Å². The van der Waals surface area contributed by atoms with Crippen molar-refractivity contribution in [3.05, 3.63) is 79.9 Å². The molecule has 138 valence electrons. The van der Waals surface area contributed by atoms with Crippen LogP contribution >= 0.6 is 0 Å². The van der Waals surface area contributed by atoms with Gasteiger partial charge in [0.05, 0.1) is 17.1 Å². The lowest BCUT2D eigenvalue weighted by Gasteiger charge is -2.25. The van der Waals surface area contributed by atoms with Gasteiger partial charge in [-0.15, -0.1) is 0 Å². The van der Waals surface area contributed by atoms with Crippen LogP contribution in [0.2, 0.25) is 0 Å². The summed E-state index contributed by atoms with van der Waals surface area (Å²) in [4.78, 5) is 41.3. The van der Waals surface area contributed by atoms with Crippen molar-refractivity contribution < 1.29 is 4.79 Å². The van der Waals surface area contributed by atoms with E-state index in [9.17, 15) is 14.4 Å². The summed E-state index contributed by atoms with van der Waals surface area (Å²) in [5.41, 5.74) is 2.83. The van der Waals surface area contributed by atoms with Crippen LogP contribution in [-0.4, -0.2) is 27.4 Å². The summed E-state index contributed by atoms with van der Waals surface area (Å²) < 4.78 is 1.42. The smallest absolute Gasteiger partial charge is 0.316 e. The van der Waals surface area contributed by atoms with Gasteiger partial charge in [-0.2, -0.15) is 0 Å². The number of aromatic nitrogens is 2. The normalized spacial score (nSPS) is 15.7. The number of aryl methyl sites for hydroxylation is 2. The first-order valence-corrected chi connectivity index (χ1v) is 9.13. The van der Waals surface area contributed by atoms with Crippen molar-refractivity contribution in [1.82, 2.24) is 14.5 Å². The first kappa shape index (κ1) is 17.3. The first-order chi connectivity index (χ1) is 13.0. The van der Waals surface area contributed by atoms with E-state index in [2.05, 4.69) is 17.1 Å². The average molecular weight is 363 g/mol. The number of rotatable bonds is 3. The Bertz CT molecular complexity index is 1160. The molecule has 1 heterocycles. The van der Waals surface area contributed by atoms with Crippen LogP contribution in [0.1, 0.15) is 40.9 Å². The van der Waals surface area contributed by atoms with Crippen LogP contribution in [0.25, 0.3) is 11.0 Å². The predicted octanol–water partition coefficient (Wildman–Crippen LogP) is 2.47. The largest absolute Gasteiger partial charge is 0.335 e. The van der Waals surface area contributed by atoms with E-state index in [0.717, 1.165) is 12.8 Å². The third kappa shape index (κ3) is 2.77. The lowest BCUT2D eigenvalue weighted by atomic mass is 10.1. The van der Waals surface area contributed by atoms with Crippen LogP contribution in [-0.2, 0) is 13.0 Å². The van der Waals surface area contributed by atoms with E-state index < -0.39 is 11.1 Å². The standard InChI is InChI=1S/C21H21N3O3/c1-3-24-18-11-9-14(12-16(18)22-19(25)21(24)27)20(26)23(2)17-10-8-13-6-4-5-7-15(13)17/h4-7,9,11-12,17H,3,8,10H2,1-2H3,(H,22,25). The maximum Gasteiger partial charge on any atom is 0.316 e. The van der Waals surface area contributed by atoms with E-state index in [-0.39, 0.29) is 11.9 Å². The Labute approximate surface area is 156 Å². The zero-order valence-electron chi connectivity index (χ0n) is 15.4. The molecule has 4 rings (SSSR count). The zero-order valence-corrected chi connectivity index (χ0v) is 15.4. The molecule has 6 nitrogen and oxygen atoms in total. The van der Waals surface area contributed by atoms with Crippen LogP contribution < -0.4 is 11.1 Å². The van der Waals surface area contributed by atoms with Gasteiger partial charge in [-0.05, 0) is 49.1 Å². The first-order valence-electron chi connectivity index (χ1n) is 9.13. The van der Waals surface area contributed by atoms with Crippen molar-refractivity contribution in [2.45, 2.75) is 32.4 Å². The topological polar surface area (TPSA) is 75.2 Å². The second kappa shape index (κ2) is 6.54. The highest BCUT2D eigenvalue weighted by Gasteiger charge is 2.29. The molecule has 0 bridgehead atoms. The fourth-order valence-electron chi connectivity index (χ4n) is 4.01. The van der Waals surface area contributed by atoms with Gasteiger partial charge in [0.2, 0.25) is 0 Å². The van der Waals surface area contributed by atoms with E-state index in [1.54, 1.807) is 23.1 Å². The van der Waals surface area contributed by atoms with Crippen molar-refractivity contribution in [3.63, 3.8) is 0 Å². The molecule has 1 amide bonds. The number of amides is 1. The summed E-state index contributed by atoms with van der Waals surface area (Å²) in [6, 6.07) is 13.4.